The van der Waals surface area contributed by atoms with E-state index in [2.05, 4.69) is 10.6 Å². The predicted octanol–water partition coefficient (Wildman–Crippen LogP) is -2.81. The zero-order valence-electron chi connectivity index (χ0n) is 39.5. The van der Waals surface area contributed by atoms with Gasteiger partial charge in [-0.1, -0.05) is 6.92 Å². The van der Waals surface area contributed by atoms with E-state index in [1.807, 2.05) is 6.92 Å². The Morgan fingerprint density at radius 1 is 0.552 bits per heavy atom. The lowest BCUT2D eigenvalue weighted by atomic mass is 9.86. The molecule has 3 rings (SSSR count). The molecule has 24 heteroatoms. The summed E-state index contributed by atoms with van der Waals surface area (Å²) < 4.78 is 32.1. The largest absolute Gasteiger partial charge is 0.480 e. The molecule has 3 heterocycles. The maximum absolute atomic E-state index is 13.5. The van der Waals surface area contributed by atoms with E-state index in [0.29, 0.717) is 98.5 Å². The van der Waals surface area contributed by atoms with Crippen LogP contribution < -0.4 is 10.6 Å². The van der Waals surface area contributed by atoms with Crippen LogP contribution in [0.2, 0.25) is 0 Å². The first-order valence-corrected chi connectivity index (χ1v) is 23.3. The lowest BCUT2D eigenvalue weighted by Gasteiger charge is -2.53. The van der Waals surface area contributed by atoms with Crippen LogP contribution in [0.5, 0.6) is 0 Å². The van der Waals surface area contributed by atoms with Gasteiger partial charge in [0.25, 0.3) is 0 Å². The lowest BCUT2D eigenvalue weighted by molar-refractivity contribution is -0.154. The smallest absolute Gasteiger partial charge is 0.317 e. The van der Waals surface area contributed by atoms with Crippen molar-refractivity contribution in [3.8, 4) is 0 Å². The second-order valence-corrected chi connectivity index (χ2v) is 16.9. The Labute approximate surface area is 393 Å². The molecule has 384 valence electrons. The van der Waals surface area contributed by atoms with Crippen LogP contribution >= 0.6 is 0 Å². The van der Waals surface area contributed by atoms with E-state index in [1.54, 1.807) is 36.5 Å². The van der Waals surface area contributed by atoms with Crippen LogP contribution in [0.15, 0.2) is 0 Å². The molecule has 3 fully saturated rings. The molecule has 67 heavy (non-hydrogen) atoms. The number of rotatable bonds is 32. The molecule has 4 amide bonds. The highest BCUT2D eigenvalue weighted by molar-refractivity contribution is 5.87. The van der Waals surface area contributed by atoms with Crippen molar-refractivity contribution in [3.05, 3.63) is 0 Å². The maximum Gasteiger partial charge on any atom is 0.317 e. The van der Waals surface area contributed by atoms with Crippen molar-refractivity contribution < 1.29 is 77.3 Å². The summed E-state index contributed by atoms with van der Waals surface area (Å²) in [7, 11) is 1.62. The summed E-state index contributed by atoms with van der Waals surface area (Å²) in [6, 6.07) is -0.359. The highest BCUT2D eigenvalue weighted by Crippen LogP contribution is 2.38. The van der Waals surface area contributed by atoms with E-state index in [9.17, 15) is 48.9 Å². The Morgan fingerprint density at radius 3 is 1.39 bits per heavy atom. The van der Waals surface area contributed by atoms with E-state index in [0.717, 1.165) is 6.42 Å². The van der Waals surface area contributed by atoms with E-state index < -0.39 is 29.4 Å². The molecule has 5 N–H and O–H groups in total. The van der Waals surface area contributed by atoms with Crippen molar-refractivity contribution in [2.45, 2.75) is 50.6 Å². The molecule has 0 bridgehead atoms. The van der Waals surface area contributed by atoms with Crippen molar-refractivity contribution in [3.63, 3.8) is 0 Å². The van der Waals surface area contributed by atoms with Crippen LogP contribution in [-0.4, -0.2) is 282 Å². The van der Waals surface area contributed by atoms with Gasteiger partial charge in [-0.15, -0.1) is 0 Å². The summed E-state index contributed by atoms with van der Waals surface area (Å²) in [6.07, 6.45) is 2.28. The first kappa shape index (κ1) is 57.2. The summed E-state index contributed by atoms with van der Waals surface area (Å²) in [4.78, 5) is 97.6. The first-order chi connectivity index (χ1) is 32.2. The number of amides is 4. The van der Waals surface area contributed by atoms with E-state index >= 15 is 0 Å². The number of hydrogen-bond acceptors (Lipinski definition) is 17. The molecule has 0 radical (unpaired) electrons. The summed E-state index contributed by atoms with van der Waals surface area (Å²) in [5.74, 6) is -4.19. The van der Waals surface area contributed by atoms with Crippen molar-refractivity contribution in [1.29, 1.82) is 0 Å². The zero-order valence-corrected chi connectivity index (χ0v) is 39.5. The van der Waals surface area contributed by atoms with Crippen LogP contribution in [0.4, 0.5) is 0 Å². The monoisotopic (exact) mass is 961 g/mol. The van der Waals surface area contributed by atoms with E-state index in [-0.39, 0.29) is 128 Å². The van der Waals surface area contributed by atoms with E-state index in [1.165, 1.54) is 0 Å². The van der Waals surface area contributed by atoms with Gasteiger partial charge in [-0.2, -0.15) is 0 Å². The minimum Gasteiger partial charge on any atom is -0.480 e. The number of likely N-dealkylation sites (tertiary alicyclic amines) is 2. The topological polar surface area (TPSA) is 279 Å². The Bertz CT molecular complexity index is 1490. The minimum absolute atomic E-state index is 0.118. The Balaban J connectivity index is 1.35. The van der Waals surface area contributed by atoms with Gasteiger partial charge >= 0.3 is 17.9 Å². The molecular weight excluding hydrogens is 885 g/mol. The molecule has 0 aliphatic carbocycles. The zero-order chi connectivity index (χ0) is 48.9. The third-order valence-corrected chi connectivity index (χ3v) is 11.7. The number of hydrogen-bond donors (Lipinski definition) is 5. The normalized spacial score (nSPS) is 18.2. The predicted molar refractivity (Wildman–Crippen MR) is 239 cm³/mol. The number of nitrogens with one attached hydrogen (secondary N) is 2. The van der Waals surface area contributed by atoms with Gasteiger partial charge in [0.2, 0.25) is 23.6 Å². The van der Waals surface area contributed by atoms with Gasteiger partial charge in [0.1, 0.15) is 0 Å². The minimum atomic E-state index is -1.05. The molecule has 0 unspecified atom stereocenters. The molecule has 3 saturated heterocycles. The number of ether oxygens (including phenoxy) is 6. The molecule has 0 aromatic rings. The van der Waals surface area contributed by atoms with Crippen LogP contribution in [0.3, 0.4) is 0 Å². The Hall–Kier alpha value is -4.11. The summed E-state index contributed by atoms with van der Waals surface area (Å²) in [5.41, 5.74) is -0.524. The van der Waals surface area contributed by atoms with Gasteiger partial charge in [0, 0.05) is 98.0 Å². The van der Waals surface area contributed by atoms with Crippen molar-refractivity contribution in [1.82, 2.24) is 40.0 Å². The van der Waals surface area contributed by atoms with Gasteiger partial charge in [-0.3, -0.25) is 53.2 Å². The second kappa shape index (κ2) is 32.6. The van der Waals surface area contributed by atoms with Gasteiger partial charge in [-0.25, -0.2) is 0 Å². The fourth-order valence-electron chi connectivity index (χ4n) is 8.04. The van der Waals surface area contributed by atoms with Crippen molar-refractivity contribution in [2.75, 3.05) is 185 Å². The number of carboxylic acids is 3. The highest BCUT2D eigenvalue weighted by atomic mass is 16.6. The average molecular weight is 961 g/mol. The summed E-state index contributed by atoms with van der Waals surface area (Å²) in [6.45, 7) is 8.67. The molecule has 3 aliphatic rings. The van der Waals surface area contributed by atoms with Crippen molar-refractivity contribution >= 4 is 41.5 Å². The Morgan fingerprint density at radius 2 is 0.970 bits per heavy atom. The lowest BCUT2D eigenvalue weighted by Crippen LogP contribution is -2.70. The highest BCUT2D eigenvalue weighted by Gasteiger charge is 2.53. The maximum atomic E-state index is 13.5. The number of methoxy groups -OCH3 is 1. The molecule has 1 spiro atoms. The SMILES string of the molecule is CC[C@@H](CC(=O)N1CC2(CCCN2C(=O)CNC(=O)CN2CCN(CC(=O)O)CCN(CC(=O)O)CCN(CC(=O)O)CC2)C1)NC(=O)CCOCCOCCOCCOCCOCCOC. The fourth-order valence-corrected chi connectivity index (χ4v) is 8.04. The first-order valence-electron chi connectivity index (χ1n) is 23.3. The quantitative estimate of drug-likeness (QED) is 0.0426. The van der Waals surface area contributed by atoms with Gasteiger partial charge < -0.3 is 64.2 Å². The standard InChI is InChI=1S/C43H76N8O16/c1-3-35(45-36(52)5-16-63-19-20-65-23-24-67-26-25-66-22-21-64-18-17-62-2)27-38(54)50-33-43(34-50)6-4-7-51(43)39(55)28-44-37(53)29-46-8-10-47(30-40(56)57)12-14-49(32-42(60)61)15-13-48(11-9-46)31-41(58)59/h35H,3-34H2,1-2H3,(H,44,53)(H,45,52)(H,56,57)(H,58,59)(H,60,61)/t35-/m0/s1. The van der Waals surface area contributed by atoms with Gasteiger partial charge in [0.15, 0.2) is 0 Å². The number of carboxylic acid groups (broad SMARTS) is 3. The summed E-state index contributed by atoms with van der Waals surface area (Å²) >= 11 is 0. The van der Waals surface area contributed by atoms with Crippen LogP contribution in [0.25, 0.3) is 0 Å². The van der Waals surface area contributed by atoms with Crippen LogP contribution in [0, 0.1) is 0 Å². The third-order valence-electron chi connectivity index (χ3n) is 11.7. The average Bonchev–Trinajstić information content (AvgIpc) is 3.72. The molecule has 0 saturated carbocycles. The summed E-state index contributed by atoms with van der Waals surface area (Å²) in [5, 5.41) is 34.0. The Kier molecular flexibility index (Phi) is 27.8. The second-order valence-electron chi connectivity index (χ2n) is 16.9. The third kappa shape index (κ3) is 23.6. The number of carbonyl (C=O) groups is 7. The van der Waals surface area contributed by atoms with E-state index in [4.69, 9.17) is 28.4 Å². The number of carbonyl (C=O) groups excluding carboxylic acids is 4. The molecule has 0 aromatic carbocycles. The molecule has 3 aliphatic heterocycles. The molecular formula is C43H76N8O16. The number of aliphatic carboxylic acids is 3. The fraction of sp³-hybridized carbons (Fsp3) is 0.837. The van der Waals surface area contributed by atoms with Gasteiger partial charge in [0.05, 0.1) is 111 Å². The van der Waals surface area contributed by atoms with Crippen molar-refractivity contribution in [2.24, 2.45) is 0 Å². The van der Waals surface area contributed by atoms with Crippen LogP contribution in [0.1, 0.15) is 39.0 Å². The molecule has 0 aromatic heterocycles. The van der Waals surface area contributed by atoms with Crippen LogP contribution in [-0.2, 0) is 62.0 Å². The molecule has 1 atom stereocenters. The number of nitrogens with zero attached hydrogens (tertiary/aromatic N) is 6. The van der Waals surface area contributed by atoms with Gasteiger partial charge in [-0.05, 0) is 19.3 Å². The molecule has 24 nitrogen and oxygen atoms in total.